The molecule has 170 valence electrons. The van der Waals surface area contributed by atoms with E-state index in [0.717, 1.165) is 5.69 Å². The van der Waals surface area contributed by atoms with E-state index in [1.807, 2.05) is 0 Å². The van der Waals surface area contributed by atoms with E-state index >= 15 is 0 Å². The van der Waals surface area contributed by atoms with E-state index in [1.165, 1.54) is 23.3 Å². The highest BCUT2D eigenvalue weighted by Gasteiger charge is 2.35. The minimum absolute atomic E-state index is 0.0738. The maximum absolute atomic E-state index is 13.1. The van der Waals surface area contributed by atoms with Gasteiger partial charge in [0.1, 0.15) is 11.7 Å². The molecule has 0 atom stereocenters. The zero-order chi connectivity index (χ0) is 23.2. The average Bonchev–Trinajstić information content (AvgIpc) is 3.43. The lowest BCUT2D eigenvalue weighted by Crippen LogP contribution is -2.49. The highest BCUT2D eigenvalue weighted by atomic mass is 35.5. The number of aromatic nitrogens is 5. The van der Waals surface area contributed by atoms with Crippen molar-refractivity contribution in [2.45, 2.75) is 31.9 Å². The normalized spacial score (nSPS) is 15.8. The van der Waals surface area contributed by atoms with E-state index in [1.54, 1.807) is 40.8 Å². The molecule has 1 amide bonds. The number of hydrogen-bond donors (Lipinski definition) is 1. The Morgan fingerprint density at radius 1 is 1.18 bits per heavy atom. The molecule has 1 aromatic carbocycles. The van der Waals surface area contributed by atoms with Gasteiger partial charge >= 0.3 is 0 Å². The average molecular weight is 469 g/mol. The third-order valence-electron chi connectivity index (χ3n) is 5.90. The van der Waals surface area contributed by atoms with Gasteiger partial charge in [0.2, 0.25) is 5.76 Å². The molecule has 0 saturated carbocycles. The highest BCUT2D eigenvalue weighted by molar-refractivity contribution is 6.30. The number of rotatable bonds is 4. The number of likely N-dealkylation sites (tertiary alicyclic amines) is 1. The molecule has 3 aromatic heterocycles. The van der Waals surface area contributed by atoms with Crippen molar-refractivity contribution in [1.29, 1.82) is 0 Å². The molecular weight excluding hydrogens is 448 g/mol. The van der Waals surface area contributed by atoms with Gasteiger partial charge in [-0.3, -0.25) is 14.2 Å². The Labute approximate surface area is 193 Å². The smallest absolute Gasteiger partial charge is 0.291 e. The largest absolute Gasteiger partial charge is 0.436 e. The number of carbonyl (C=O) groups is 1. The van der Waals surface area contributed by atoms with E-state index in [4.69, 9.17) is 16.0 Å². The van der Waals surface area contributed by atoms with Crippen LogP contribution in [0.3, 0.4) is 0 Å². The molecule has 1 N–H and O–H groups in total. The number of benzene rings is 1. The van der Waals surface area contributed by atoms with Gasteiger partial charge in [-0.25, -0.2) is 14.6 Å². The van der Waals surface area contributed by atoms with Crippen molar-refractivity contribution < 1.29 is 14.3 Å². The van der Waals surface area contributed by atoms with Crippen molar-refractivity contribution >= 4 is 28.5 Å². The number of fused-ring (bicyclic) bond motifs is 1. The van der Waals surface area contributed by atoms with Gasteiger partial charge in [-0.05, 0) is 37.1 Å². The molecule has 5 rings (SSSR count). The lowest BCUT2D eigenvalue weighted by atomic mass is 9.91. The number of halogens is 1. The molecule has 0 bridgehead atoms. The molecular formula is C22H21ClN6O4. The van der Waals surface area contributed by atoms with E-state index in [9.17, 15) is 14.7 Å². The van der Waals surface area contributed by atoms with Gasteiger partial charge in [0.15, 0.2) is 11.5 Å². The summed E-state index contributed by atoms with van der Waals surface area (Å²) in [5.74, 6) is 0.350. The summed E-state index contributed by atoms with van der Waals surface area (Å²) in [5, 5.41) is 16.4. The first-order valence-corrected chi connectivity index (χ1v) is 10.8. The van der Waals surface area contributed by atoms with Crippen LogP contribution in [0, 0.1) is 6.92 Å². The molecule has 10 nitrogen and oxygen atoms in total. The fourth-order valence-electron chi connectivity index (χ4n) is 4.05. The molecule has 0 spiro atoms. The van der Waals surface area contributed by atoms with Gasteiger partial charge in [0.05, 0.1) is 30.2 Å². The van der Waals surface area contributed by atoms with Crippen molar-refractivity contribution in [1.82, 2.24) is 29.2 Å². The number of aryl methyl sites for hydroxylation is 1. The summed E-state index contributed by atoms with van der Waals surface area (Å²) in [4.78, 5) is 35.6. The van der Waals surface area contributed by atoms with Crippen LogP contribution in [0.2, 0.25) is 5.02 Å². The number of hydrogen-bond acceptors (Lipinski definition) is 7. The second kappa shape index (κ2) is 8.13. The number of piperidine rings is 1. The topological polar surface area (TPSA) is 119 Å². The van der Waals surface area contributed by atoms with Gasteiger partial charge in [-0.15, -0.1) is 0 Å². The Kier molecular flexibility index (Phi) is 5.26. The van der Waals surface area contributed by atoms with Crippen LogP contribution in [0.1, 0.15) is 29.3 Å². The Morgan fingerprint density at radius 3 is 2.58 bits per heavy atom. The molecule has 1 saturated heterocycles. The Morgan fingerprint density at radius 2 is 1.91 bits per heavy atom. The van der Waals surface area contributed by atoms with Crippen LogP contribution in [0.15, 0.2) is 52.2 Å². The van der Waals surface area contributed by atoms with Gasteiger partial charge in [0.25, 0.3) is 11.5 Å². The quantitative estimate of drug-likeness (QED) is 0.487. The van der Waals surface area contributed by atoms with Gasteiger partial charge < -0.3 is 14.4 Å². The third kappa shape index (κ3) is 4.03. The molecule has 33 heavy (non-hydrogen) atoms. The van der Waals surface area contributed by atoms with Crippen molar-refractivity contribution in [2.24, 2.45) is 0 Å². The van der Waals surface area contributed by atoms with Gasteiger partial charge in [-0.1, -0.05) is 11.6 Å². The molecule has 11 heteroatoms. The maximum Gasteiger partial charge on any atom is 0.291 e. The minimum Gasteiger partial charge on any atom is -0.436 e. The molecule has 0 unspecified atom stereocenters. The zero-order valence-corrected chi connectivity index (χ0v) is 18.6. The lowest BCUT2D eigenvalue weighted by Gasteiger charge is -2.38. The summed E-state index contributed by atoms with van der Waals surface area (Å²) in [7, 11) is 0. The highest BCUT2D eigenvalue weighted by Crippen LogP contribution is 2.25. The van der Waals surface area contributed by atoms with Gasteiger partial charge in [0, 0.05) is 25.0 Å². The molecule has 1 fully saturated rings. The summed E-state index contributed by atoms with van der Waals surface area (Å²) in [6.07, 6.45) is 4.94. The standard InChI is InChI=1S/C22H21ClN6O4/c1-14-24-11-18(33-14)21(31)27-8-6-22(32,7-9-27)12-28-13-25-19-17(20(28)30)10-26-29(19)16-4-2-15(23)3-5-16/h2-5,10-11,13,32H,6-9,12H2,1H3. The van der Waals surface area contributed by atoms with Crippen LogP contribution < -0.4 is 5.56 Å². The fraction of sp³-hybridized carbons (Fsp3) is 0.318. The van der Waals surface area contributed by atoms with E-state index in [2.05, 4.69) is 15.1 Å². The van der Waals surface area contributed by atoms with Crippen LogP contribution in [0.5, 0.6) is 0 Å². The Hall–Kier alpha value is -3.50. The Bertz CT molecular complexity index is 1380. The lowest BCUT2D eigenvalue weighted by molar-refractivity contribution is -0.0304. The molecule has 1 aliphatic heterocycles. The van der Waals surface area contributed by atoms with Gasteiger partial charge in [-0.2, -0.15) is 5.10 Å². The first-order chi connectivity index (χ1) is 15.8. The van der Waals surface area contributed by atoms with Crippen LogP contribution in [0.25, 0.3) is 16.7 Å². The predicted octanol–water partition coefficient (Wildman–Crippen LogP) is 2.20. The summed E-state index contributed by atoms with van der Waals surface area (Å²) >= 11 is 5.95. The van der Waals surface area contributed by atoms with Crippen molar-refractivity contribution in [3.05, 3.63) is 70.0 Å². The monoisotopic (exact) mass is 468 g/mol. The van der Waals surface area contributed by atoms with E-state index in [0.29, 0.717) is 47.9 Å². The summed E-state index contributed by atoms with van der Waals surface area (Å²) in [5.41, 5.74) is -0.270. The number of aliphatic hydroxyl groups is 1. The van der Waals surface area contributed by atoms with Crippen molar-refractivity contribution in [3.8, 4) is 5.69 Å². The summed E-state index contributed by atoms with van der Waals surface area (Å²) in [6.45, 7) is 2.43. The molecule has 4 aromatic rings. The predicted molar refractivity (Wildman–Crippen MR) is 119 cm³/mol. The van der Waals surface area contributed by atoms with Crippen molar-refractivity contribution in [2.75, 3.05) is 13.1 Å². The van der Waals surface area contributed by atoms with E-state index in [-0.39, 0.29) is 23.8 Å². The Balaban J connectivity index is 1.33. The SMILES string of the molecule is Cc1ncc(C(=O)N2CCC(O)(Cn3cnc4c(cnn4-c4ccc(Cl)cc4)c3=O)CC2)o1. The minimum atomic E-state index is -1.14. The fourth-order valence-corrected chi connectivity index (χ4v) is 4.18. The van der Waals surface area contributed by atoms with Crippen LogP contribution >= 0.6 is 11.6 Å². The summed E-state index contributed by atoms with van der Waals surface area (Å²) in [6, 6.07) is 7.06. The van der Waals surface area contributed by atoms with E-state index < -0.39 is 5.60 Å². The number of amides is 1. The molecule has 4 heterocycles. The summed E-state index contributed by atoms with van der Waals surface area (Å²) < 4.78 is 8.28. The number of carbonyl (C=O) groups excluding carboxylic acids is 1. The van der Waals surface area contributed by atoms with Crippen LogP contribution in [0.4, 0.5) is 0 Å². The van der Waals surface area contributed by atoms with Crippen molar-refractivity contribution in [3.63, 3.8) is 0 Å². The third-order valence-corrected chi connectivity index (χ3v) is 6.16. The molecule has 1 aliphatic rings. The maximum atomic E-state index is 13.1. The van der Waals surface area contributed by atoms with Crippen LogP contribution in [-0.2, 0) is 6.54 Å². The first kappa shape index (κ1) is 21.4. The molecule has 0 aliphatic carbocycles. The second-order valence-corrected chi connectivity index (χ2v) is 8.64. The number of oxazole rings is 1. The zero-order valence-electron chi connectivity index (χ0n) is 17.8. The first-order valence-electron chi connectivity index (χ1n) is 10.5. The second-order valence-electron chi connectivity index (χ2n) is 8.21. The molecule has 0 radical (unpaired) electrons. The number of nitrogens with zero attached hydrogens (tertiary/aromatic N) is 6. The van der Waals surface area contributed by atoms with Crippen LogP contribution in [-0.4, -0.2) is 58.9 Å².